The molecule has 0 bridgehead atoms. The quantitative estimate of drug-likeness (QED) is 0.716. The molecule has 124 valence electrons. The van der Waals surface area contributed by atoms with Crippen LogP contribution in [0.3, 0.4) is 0 Å². The van der Waals surface area contributed by atoms with Crippen LogP contribution in [0.15, 0.2) is 24.3 Å². The topological polar surface area (TPSA) is 63.4 Å². The Morgan fingerprint density at radius 3 is 2.75 bits per heavy atom. The summed E-state index contributed by atoms with van der Waals surface area (Å²) in [6.45, 7) is 3.64. The number of amides is 1. The van der Waals surface area contributed by atoms with Crippen molar-refractivity contribution in [3.63, 3.8) is 0 Å². The lowest BCUT2D eigenvalue weighted by molar-refractivity contribution is 0.0682. The molecule has 1 aromatic carbocycles. The average Bonchev–Trinajstić information content (AvgIpc) is 3.16. The zero-order valence-corrected chi connectivity index (χ0v) is 14.0. The van der Waals surface area contributed by atoms with Crippen LogP contribution in [-0.2, 0) is 0 Å². The van der Waals surface area contributed by atoms with E-state index in [9.17, 15) is 9.18 Å². The number of halogens is 1. The van der Waals surface area contributed by atoms with Crippen molar-refractivity contribution in [3.05, 3.63) is 35.9 Å². The zero-order valence-electron chi connectivity index (χ0n) is 13.1. The van der Waals surface area contributed by atoms with Crippen molar-refractivity contribution in [2.75, 3.05) is 13.1 Å². The number of hydrogen-bond donors (Lipinski definition) is 0. The van der Waals surface area contributed by atoms with Gasteiger partial charge in [0.1, 0.15) is 5.82 Å². The lowest BCUT2D eigenvalue weighted by atomic mass is 9.99. The minimum absolute atomic E-state index is 0.167. The van der Waals surface area contributed by atoms with Crippen LogP contribution >= 0.6 is 11.3 Å². The lowest BCUT2D eigenvalue weighted by Gasteiger charge is -2.29. The van der Waals surface area contributed by atoms with Gasteiger partial charge < -0.3 is 4.90 Å². The molecule has 1 fully saturated rings. The van der Waals surface area contributed by atoms with E-state index in [4.69, 9.17) is 0 Å². The van der Waals surface area contributed by atoms with Gasteiger partial charge in [0.15, 0.2) is 5.01 Å². The molecular formula is C16H16FN5OS. The molecule has 0 unspecified atom stereocenters. The van der Waals surface area contributed by atoms with Crippen LogP contribution in [0, 0.1) is 11.7 Å². The summed E-state index contributed by atoms with van der Waals surface area (Å²) in [5, 5.41) is 12.8. The van der Waals surface area contributed by atoms with Gasteiger partial charge in [0.2, 0.25) is 10.8 Å². The van der Waals surface area contributed by atoms with Gasteiger partial charge in [0.05, 0.1) is 0 Å². The normalized spacial score (nSPS) is 16.0. The highest BCUT2D eigenvalue weighted by atomic mass is 32.1. The summed E-state index contributed by atoms with van der Waals surface area (Å²) in [5.41, 5.74) is 0.401. The van der Waals surface area contributed by atoms with Crippen LogP contribution in [0.5, 0.6) is 0 Å². The molecule has 0 radical (unpaired) electrons. The number of carbonyl (C=O) groups is 1. The number of nitrogens with zero attached hydrogens (tertiary/aromatic N) is 5. The van der Waals surface area contributed by atoms with Crippen LogP contribution in [-0.4, -0.2) is 43.7 Å². The predicted octanol–water partition coefficient (Wildman–Crippen LogP) is 2.86. The van der Waals surface area contributed by atoms with Crippen LogP contribution in [0.1, 0.15) is 30.4 Å². The van der Waals surface area contributed by atoms with Crippen molar-refractivity contribution >= 4 is 22.2 Å². The number of hydrogen-bond acceptors (Lipinski definition) is 5. The fraction of sp³-hybridized carbons (Fsp3) is 0.375. The van der Waals surface area contributed by atoms with E-state index in [1.165, 1.54) is 21.9 Å². The fourth-order valence-corrected chi connectivity index (χ4v) is 3.71. The SMILES string of the molecule is CC1CCN(C(=O)c2nnc3sc(-c4ccccc4F)nn23)CC1. The Hall–Kier alpha value is -2.35. The Labute approximate surface area is 141 Å². The van der Waals surface area contributed by atoms with Gasteiger partial charge in [0.25, 0.3) is 5.91 Å². The minimum Gasteiger partial charge on any atom is -0.336 e. The maximum Gasteiger partial charge on any atom is 0.293 e. The van der Waals surface area contributed by atoms with Gasteiger partial charge in [-0.05, 0) is 30.9 Å². The van der Waals surface area contributed by atoms with E-state index in [-0.39, 0.29) is 17.5 Å². The molecule has 6 nitrogen and oxygen atoms in total. The van der Waals surface area contributed by atoms with Gasteiger partial charge in [-0.2, -0.15) is 9.61 Å². The van der Waals surface area contributed by atoms with Crippen LogP contribution in [0.4, 0.5) is 4.39 Å². The van der Waals surface area contributed by atoms with Gasteiger partial charge in [-0.15, -0.1) is 10.2 Å². The number of aromatic nitrogens is 4. The van der Waals surface area contributed by atoms with E-state index in [0.29, 0.717) is 21.4 Å². The van der Waals surface area contributed by atoms with Crippen molar-refractivity contribution in [1.82, 2.24) is 24.7 Å². The van der Waals surface area contributed by atoms with Crippen LogP contribution in [0.2, 0.25) is 0 Å². The highest BCUT2D eigenvalue weighted by Crippen LogP contribution is 2.28. The highest BCUT2D eigenvalue weighted by Gasteiger charge is 2.26. The second-order valence-electron chi connectivity index (χ2n) is 6.08. The molecule has 2 aromatic heterocycles. The summed E-state index contributed by atoms with van der Waals surface area (Å²) in [4.78, 5) is 15.0. The first-order chi connectivity index (χ1) is 11.6. The molecular weight excluding hydrogens is 329 g/mol. The fourth-order valence-electron chi connectivity index (χ4n) is 2.85. The summed E-state index contributed by atoms with van der Waals surface area (Å²) in [5.74, 6) is 0.318. The van der Waals surface area contributed by atoms with E-state index < -0.39 is 0 Å². The molecule has 3 heterocycles. The number of carbonyl (C=O) groups excluding carboxylic acids is 1. The van der Waals surface area contributed by atoms with E-state index in [0.717, 1.165) is 25.9 Å². The van der Waals surface area contributed by atoms with Gasteiger partial charge in [-0.1, -0.05) is 30.4 Å². The maximum atomic E-state index is 13.9. The van der Waals surface area contributed by atoms with Gasteiger partial charge in [-0.25, -0.2) is 4.39 Å². The summed E-state index contributed by atoms with van der Waals surface area (Å²) >= 11 is 1.22. The molecule has 8 heteroatoms. The first-order valence-electron chi connectivity index (χ1n) is 7.90. The van der Waals surface area contributed by atoms with Gasteiger partial charge >= 0.3 is 0 Å². The minimum atomic E-state index is -0.347. The van der Waals surface area contributed by atoms with Crippen molar-refractivity contribution < 1.29 is 9.18 Å². The van der Waals surface area contributed by atoms with Crippen molar-refractivity contribution in [2.24, 2.45) is 5.92 Å². The van der Waals surface area contributed by atoms with Crippen LogP contribution < -0.4 is 0 Å². The van der Waals surface area contributed by atoms with E-state index >= 15 is 0 Å². The maximum absolute atomic E-state index is 13.9. The van der Waals surface area contributed by atoms with E-state index in [2.05, 4.69) is 22.2 Å². The molecule has 3 aromatic rings. The third-order valence-corrected chi connectivity index (χ3v) is 5.29. The Morgan fingerprint density at radius 2 is 2.00 bits per heavy atom. The molecule has 0 saturated carbocycles. The Bertz CT molecular complexity index is 897. The second kappa shape index (κ2) is 5.94. The molecule has 0 atom stereocenters. The van der Waals surface area contributed by atoms with E-state index in [1.54, 1.807) is 23.1 Å². The molecule has 0 N–H and O–H groups in total. The second-order valence-corrected chi connectivity index (χ2v) is 7.04. The summed E-state index contributed by atoms with van der Waals surface area (Å²) in [7, 11) is 0. The smallest absolute Gasteiger partial charge is 0.293 e. The lowest BCUT2D eigenvalue weighted by Crippen LogP contribution is -2.38. The summed E-state index contributed by atoms with van der Waals surface area (Å²) < 4.78 is 15.4. The summed E-state index contributed by atoms with van der Waals surface area (Å²) in [6.07, 6.45) is 1.98. The van der Waals surface area contributed by atoms with Gasteiger partial charge in [0, 0.05) is 18.7 Å². The van der Waals surface area contributed by atoms with Crippen molar-refractivity contribution in [3.8, 4) is 10.6 Å². The first kappa shape index (κ1) is 15.2. The Balaban J connectivity index is 1.68. The predicted molar refractivity (Wildman–Crippen MR) is 88.4 cm³/mol. The molecule has 0 aliphatic carbocycles. The Morgan fingerprint density at radius 1 is 1.25 bits per heavy atom. The molecule has 4 rings (SSSR count). The number of fused-ring (bicyclic) bond motifs is 1. The number of rotatable bonds is 2. The molecule has 1 aliphatic heterocycles. The molecule has 1 amide bonds. The largest absolute Gasteiger partial charge is 0.336 e. The van der Waals surface area contributed by atoms with Crippen molar-refractivity contribution in [2.45, 2.75) is 19.8 Å². The number of piperidine rings is 1. The highest BCUT2D eigenvalue weighted by molar-refractivity contribution is 7.19. The molecule has 0 spiro atoms. The monoisotopic (exact) mass is 345 g/mol. The summed E-state index contributed by atoms with van der Waals surface area (Å²) in [6, 6.07) is 6.43. The molecule has 1 saturated heterocycles. The first-order valence-corrected chi connectivity index (χ1v) is 8.71. The van der Waals surface area contributed by atoms with E-state index in [1.807, 2.05) is 0 Å². The average molecular weight is 345 g/mol. The standard InChI is InChI=1S/C16H16FN5OS/c1-10-6-8-21(9-7-10)15(23)13-18-19-16-22(13)20-14(24-16)11-4-2-3-5-12(11)17/h2-5,10H,6-9H2,1H3. The number of benzene rings is 1. The zero-order chi connectivity index (χ0) is 16.7. The molecule has 1 aliphatic rings. The Kier molecular flexibility index (Phi) is 3.76. The van der Waals surface area contributed by atoms with Gasteiger partial charge in [-0.3, -0.25) is 4.79 Å². The number of likely N-dealkylation sites (tertiary alicyclic amines) is 1. The molecule has 24 heavy (non-hydrogen) atoms. The third kappa shape index (κ3) is 2.56. The van der Waals surface area contributed by atoms with Crippen molar-refractivity contribution in [1.29, 1.82) is 0 Å². The third-order valence-electron chi connectivity index (χ3n) is 4.36. The van der Waals surface area contributed by atoms with Crippen LogP contribution in [0.25, 0.3) is 15.5 Å².